The third-order valence-electron chi connectivity index (χ3n) is 0.958. The van der Waals surface area contributed by atoms with Gasteiger partial charge in [-0.05, 0) is 13.8 Å². The first kappa shape index (κ1) is 14.5. The maximum atomic E-state index is 10.4. The summed E-state index contributed by atoms with van der Waals surface area (Å²) in [5, 5.41) is 7.72. The van der Waals surface area contributed by atoms with Gasteiger partial charge in [0.15, 0.2) is 0 Å². The molecule has 1 N–H and O–H groups in total. The van der Waals surface area contributed by atoms with Crippen molar-refractivity contribution in [1.29, 1.82) is 0 Å². The fraction of sp³-hybridized carbons (Fsp3) is 0.778. The monoisotopic (exact) mass is 190 g/mol. The van der Waals surface area contributed by atoms with E-state index < -0.39 is 5.97 Å². The van der Waals surface area contributed by atoms with E-state index in [1.165, 1.54) is 0 Å². The second-order valence-corrected chi connectivity index (χ2v) is 2.64. The highest BCUT2D eigenvalue weighted by molar-refractivity contribution is 5.69. The van der Waals surface area contributed by atoms with E-state index in [4.69, 9.17) is 9.84 Å². The van der Waals surface area contributed by atoms with E-state index in [1.807, 2.05) is 13.8 Å². The Morgan fingerprint density at radius 1 is 1.23 bits per heavy atom. The van der Waals surface area contributed by atoms with Crippen molar-refractivity contribution in [1.82, 2.24) is 0 Å². The molecule has 0 aliphatic heterocycles. The van der Waals surface area contributed by atoms with Crippen LogP contribution < -0.4 is 0 Å². The lowest BCUT2D eigenvalue weighted by atomic mass is 10.4. The van der Waals surface area contributed by atoms with Gasteiger partial charge in [0.1, 0.15) is 0 Å². The summed E-state index contributed by atoms with van der Waals surface area (Å²) >= 11 is 0. The summed E-state index contributed by atoms with van der Waals surface area (Å²) in [6.07, 6.45) is 0.723. The van der Waals surface area contributed by atoms with Crippen LogP contribution in [0, 0.1) is 0 Å². The molecule has 0 aromatic carbocycles. The normalized spacial score (nSPS) is 8.69. The standard InChI is InChI=1S/C6H12O2.C3H6O2/c1-4-6(7)8-5(2)3;1-2-3(4)5/h5H,4H2,1-3H3;2H2,1H3,(H,4,5). The summed E-state index contributed by atoms with van der Waals surface area (Å²) in [4.78, 5) is 19.8. The smallest absolute Gasteiger partial charge is 0.305 e. The molecule has 78 valence electrons. The number of hydrogen-bond acceptors (Lipinski definition) is 3. The van der Waals surface area contributed by atoms with E-state index in [9.17, 15) is 9.59 Å². The molecular weight excluding hydrogens is 172 g/mol. The minimum absolute atomic E-state index is 0.0300. The molecule has 0 aromatic heterocycles. The van der Waals surface area contributed by atoms with Gasteiger partial charge in [0.25, 0.3) is 0 Å². The molecule has 0 aromatic rings. The number of carboxylic acid groups (broad SMARTS) is 1. The zero-order chi connectivity index (χ0) is 10.9. The van der Waals surface area contributed by atoms with E-state index in [1.54, 1.807) is 13.8 Å². The van der Waals surface area contributed by atoms with Gasteiger partial charge in [0.2, 0.25) is 0 Å². The molecule has 0 spiro atoms. The first-order valence-corrected chi connectivity index (χ1v) is 4.35. The van der Waals surface area contributed by atoms with Crippen molar-refractivity contribution < 1.29 is 19.4 Å². The summed E-state index contributed by atoms with van der Waals surface area (Å²) in [7, 11) is 0. The van der Waals surface area contributed by atoms with Crippen molar-refractivity contribution in [2.45, 2.75) is 46.6 Å². The van der Waals surface area contributed by atoms with Crippen LogP contribution in [0.3, 0.4) is 0 Å². The number of esters is 1. The number of ether oxygens (including phenoxy) is 1. The van der Waals surface area contributed by atoms with Crippen LogP contribution in [0.4, 0.5) is 0 Å². The zero-order valence-electron chi connectivity index (χ0n) is 8.66. The van der Waals surface area contributed by atoms with Crippen molar-refractivity contribution in [2.75, 3.05) is 0 Å². The number of aliphatic carboxylic acids is 1. The molecule has 0 saturated heterocycles. The van der Waals surface area contributed by atoms with Gasteiger partial charge < -0.3 is 9.84 Å². The third-order valence-corrected chi connectivity index (χ3v) is 0.958. The lowest BCUT2D eigenvalue weighted by molar-refractivity contribution is -0.147. The second kappa shape index (κ2) is 9.03. The van der Waals surface area contributed by atoms with Gasteiger partial charge in [-0.25, -0.2) is 0 Å². The van der Waals surface area contributed by atoms with Crippen molar-refractivity contribution in [2.24, 2.45) is 0 Å². The first-order chi connectivity index (χ1) is 5.93. The van der Waals surface area contributed by atoms with Crippen molar-refractivity contribution in [3.05, 3.63) is 0 Å². The second-order valence-electron chi connectivity index (χ2n) is 2.64. The first-order valence-electron chi connectivity index (χ1n) is 4.35. The maximum absolute atomic E-state index is 10.4. The summed E-state index contributed by atoms with van der Waals surface area (Å²) in [5.74, 6) is -0.870. The predicted octanol–water partition coefficient (Wildman–Crippen LogP) is 1.83. The van der Waals surface area contributed by atoms with E-state index >= 15 is 0 Å². The molecule has 0 radical (unpaired) electrons. The molecule has 0 aliphatic carbocycles. The van der Waals surface area contributed by atoms with Crippen LogP contribution in [-0.2, 0) is 14.3 Å². The third kappa shape index (κ3) is 18.2. The minimum atomic E-state index is -0.745. The van der Waals surface area contributed by atoms with Gasteiger partial charge in [0, 0.05) is 12.8 Å². The molecule has 0 amide bonds. The molecule has 0 rings (SSSR count). The summed E-state index contributed by atoms with van der Waals surface area (Å²) in [6, 6.07) is 0. The Hall–Kier alpha value is -1.06. The molecule has 13 heavy (non-hydrogen) atoms. The van der Waals surface area contributed by atoms with E-state index in [0.29, 0.717) is 6.42 Å². The zero-order valence-corrected chi connectivity index (χ0v) is 8.66. The molecule has 4 heteroatoms. The lowest BCUT2D eigenvalue weighted by Crippen LogP contribution is -2.09. The van der Waals surface area contributed by atoms with Crippen LogP contribution in [-0.4, -0.2) is 23.1 Å². The van der Waals surface area contributed by atoms with Crippen LogP contribution in [0.25, 0.3) is 0 Å². The fourth-order valence-corrected chi connectivity index (χ4v) is 0.346. The Morgan fingerprint density at radius 2 is 1.62 bits per heavy atom. The predicted molar refractivity (Wildman–Crippen MR) is 49.4 cm³/mol. The lowest BCUT2D eigenvalue weighted by Gasteiger charge is -2.04. The number of rotatable bonds is 3. The molecule has 4 nitrogen and oxygen atoms in total. The molecule has 0 heterocycles. The van der Waals surface area contributed by atoms with Gasteiger partial charge in [0.05, 0.1) is 6.10 Å². The topological polar surface area (TPSA) is 63.6 Å². The highest BCUT2D eigenvalue weighted by Gasteiger charge is 1.98. The van der Waals surface area contributed by atoms with Crippen molar-refractivity contribution in [3.63, 3.8) is 0 Å². The summed E-state index contributed by atoms with van der Waals surface area (Å²) in [5.41, 5.74) is 0. The Balaban J connectivity index is 0. The fourth-order valence-electron chi connectivity index (χ4n) is 0.346. The quantitative estimate of drug-likeness (QED) is 0.689. The highest BCUT2D eigenvalue weighted by atomic mass is 16.5. The Kier molecular flexibility index (Phi) is 10.0. The van der Waals surface area contributed by atoms with E-state index in [-0.39, 0.29) is 18.5 Å². The molecule has 0 bridgehead atoms. The van der Waals surface area contributed by atoms with Crippen molar-refractivity contribution >= 4 is 11.9 Å². The van der Waals surface area contributed by atoms with Crippen LogP contribution in [0.2, 0.25) is 0 Å². The Morgan fingerprint density at radius 3 is 1.69 bits per heavy atom. The van der Waals surface area contributed by atoms with Crippen LogP contribution in [0.1, 0.15) is 40.5 Å². The number of hydrogen-bond donors (Lipinski definition) is 1. The SMILES string of the molecule is CCC(=O)O.CCC(=O)OC(C)C. The average Bonchev–Trinajstić information content (AvgIpc) is 2.04. The van der Waals surface area contributed by atoms with E-state index in [0.717, 1.165) is 0 Å². The van der Waals surface area contributed by atoms with Gasteiger partial charge in [-0.3, -0.25) is 9.59 Å². The van der Waals surface area contributed by atoms with Crippen LogP contribution in [0.5, 0.6) is 0 Å². The number of carboxylic acids is 1. The molecule has 0 saturated carbocycles. The van der Waals surface area contributed by atoms with E-state index in [2.05, 4.69) is 0 Å². The molecular formula is C9H18O4. The van der Waals surface area contributed by atoms with Crippen LogP contribution in [0.15, 0.2) is 0 Å². The Labute approximate surface area is 78.9 Å². The van der Waals surface area contributed by atoms with Gasteiger partial charge in [-0.1, -0.05) is 13.8 Å². The van der Waals surface area contributed by atoms with Gasteiger partial charge in [-0.15, -0.1) is 0 Å². The highest BCUT2D eigenvalue weighted by Crippen LogP contribution is 1.90. The molecule has 0 fully saturated rings. The largest absolute Gasteiger partial charge is 0.481 e. The maximum Gasteiger partial charge on any atom is 0.305 e. The van der Waals surface area contributed by atoms with Gasteiger partial charge >= 0.3 is 11.9 Å². The number of carbonyl (C=O) groups excluding carboxylic acids is 1. The van der Waals surface area contributed by atoms with Gasteiger partial charge in [-0.2, -0.15) is 0 Å². The minimum Gasteiger partial charge on any atom is -0.481 e. The average molecular weight is 190 g/mol. The Bertz CT molecular complexity index is 152. The number of carbonyl (C=O) groups is 2. The van der Waals surface area contributed by atoms with Crippen LogP contribution >= 0.6 is 0 Å². The summed E-state index contributed by atoms with van der Waals surface area (Å²) in [6.45, 7) is 7.06. The molecule has 0 aliphatic rings. The molecule has 0 atom stereocenters. The molecule has 0 unspecified atom stereocenters. The summed E-state index contributed by atoms with van der Waals surface area (Å²) < 4.78 is 4.76. The van der Waals surface area contributed by atoms with Crippen molar-refractivity contribution in [3.8, 4) is 0 Å².